The third-order valence-corrected chi connectivity index (χ3v) is 2.59. The van der Waals surface area contributed by atoms with Crippen molar-refractivity contribution in [3.63, 3.8) is 0 Å². The lowest BCUT2D eigenvalue weighted by Gasteiger charge is -2.14. The molecule has 0 aliphatic heterocycles. The van der Waals surface area contributed by atoms with E-state index in [1.165, 1.54) is 12.4 Å². The van der Waals surface area contributed by atoms with Crippen LogP contribution >= 0.6 is 0 Å². The van der Waals surface area contributed by atoms with E-state index >= 15 is 0 Å². The minimum atomic E-state index is -1.08. The van der Waals surface area contributed by atoms with Crippen LogP contribution in [-0.4, -0.2) is 32.9 Å². The number of carbonyl (C=O) groups is 2. The number of aliphatic carboxylic acids is 1. The van der Waals surface area contributed by atoms with Gasteiger partial charge in [0.1, 0.15) is 6.04 Å². The number of aromatic nitrogens is 2. The summed E-state index contributed by atoms with van der Waals surface area (Å²) in [6, 6.07) is 9.17. The summed E-state index contributed by atoms with van der Waals surface area (Å²) in [5, 5.41) is 15.3. The number of carboxylic acids is 1. The first kappa shape index (κ1) is 12.8. The topological polar surface area (TPSA) is 84.2 Å². The van der Waals surface area contributed by atoms with Crippen LogP contribution in [-0.2, 0) is 11.2 Å². The van der Waals surface area contributed by atoms with Gasteiger partial charge in [-0.2, -0.15) is 9.78 Å². The molecule has 1 atom stereocenters. The van der Waals surface area contributed by atoms with Crippen LogP contribution < -0.4 is 5.32 Å². The Morgan fingerprint density at radius 3 is 2.58 bits per heavy atom. The Bertz CT molecular complexity index is 552. The molecule has 2 N–H and O–H groups in total. The van der Waals surface area contributed by atoms with Gasteiger partial charge in [0, 0.05) is 18.8 Å². The van der Waals surface area contributed by atoms with Gasteiger partial charge in [-0.05, 0) is 11.6 Å². The monoisotopic (exact) mass is 259 g/mol. The molecule has 0 saturated heterocycles. The highest BCUT2D eigenvalue weighted by atomic mass is 16.4. The molecule has 19 heavy (non-hydrogen) atoms. The molecular weight excluding hydrogens is 246 g/mol. The van der Waals surface area contributed by atoms with Gasteiger partial charge in [-0.1, -0.05) is 30.3 Å². The van der Waals surface area contributed by atoms with Crippen LogP contribution in [0.4, 0.5) is 4.79 Å². The van der Waals surface area contributed by atoms with E-state index < -0.39 is 18.0 Å². The molecular formula is C13H13N3O3. The second-order valence-corrected chi connectivity index (χ2v) is 3.98. The summed E-state index contributed by atoms with van der Waals surface area (Å²) in [5.74, 6) is -1.08. The van der Waals surface area contributed by atoms with Gasteiger partial charge in [-0.25, -0.2) is 9.59 Å². The van der Waals surface area contributed by atoms with Crippen molar-refractivity contribution in [2.45, 2.75) is 12.5 Å². The van der Waals surface area contributed by atoms with E-state index in [1.54, 1.807) is 6.07 Å². The first-order valence-corrected chi connectivity index (χ1v) is 5.74. The van der Waals surface area contributed by atoms with E-state index in [0.29, 0.717) is 0 Å². The number of nitrogens with zero attached hydrogens (tertiary/aromatic N) is 2. The minimum absolute atomic E-state index is 0.225. The molecule has 0 bridgehead atoms. The van der Waals surface area contributed by atoms with Crippen molar-refractivity contribution in [2.75, 3.05) is 0 Å². The molecule has 6 nitrogen and oxygen atoms in total. The molecule has 2 aromatic rings. The summed E-state index contributed by atoms with van der Waals surface area (Å²) in [5.41, 5.74) is 0.843. The van der Waals surface area contributed by atoms with Crippen LogP contribution in [0.5, 0.6) is 0 Å². The molecule has 0 fully saturated rings. The Morgan fingerprint density at radius 1 is 1.26 bits per heavy atom. The average molecular weight is 259 g/mol. The van der Waals surface area contributed by atoms with Crippen LogP contribution in [0.3, 0.4) is 0 Å². The van der Waals surface area contributed by atoms with Crippen molar-refractivity contribution in [1.82, 2.24) is 15.1 Å². The molecule has 0 unspecified atom stereocenters. The van der Waals surface area contributed by atoms with Crippen molar-refractivity contribution in [1.29, 1.82) is 0 Å². The van der Waals surface area contributed by atoms with Crippen LogP contribution in [0.25, 0.3) is 0 Å². The van der Waals surface area contributed by atoms with Gasteiger partial charge in [-0.3, -0.25) is 0 Å². The molecule has 0 aliphatic carbocycles. The second-order valence-electron chi connectivity index (χ2n) is 3.98. The number of carbonyl (C=O) groups excluding carboxylic acids is 1. The number of carboxylic acid groups (broad SMARTS) is 1. The molecule has 1 aromatic heterocycles. The third-order valence-electron chi connectivity index (χ3n) is 2.59. The van der Waals surface area contributed by atoms with Gasteiger partial charge >= 0.3 is 12.0 Å². The number of benzene rings is 1. The highest BCUT2D eigenvalue weighted by molar-refractivity contribution is 5.83. The zero-order valence-corrected chi connectivity index (χ0v) is 10.1. The average Bonchev–Trinajstić information content (AvgIpc) is 2.93. The largest absolute Gasteiger partial charge is 0.480 e. The maximum absolute atomic E-state index is 11.7. The molecule has 1 heterocycles. The van der Waals surface area contributed by atoms with Crippen molar-refractivity contribution in [3.8, 4) is 0 Å². The van der Waals surface area contributed by atoms with Crippen molar-refractivity contribution in [3.05, 3.63) is 54.4 Å². The summed E-state index contributed by atoms with van der Waals surface area (Å²) >= 11 is 0. The second kappa shape index (κ2) is 5.81. The van der Waals surface area contributed by atoms with Gasteiger partial charge in [0.2, 0.25) is 0 Å². The predicted molar refractivity (Wildman–Crippen MR) is 67.7 cm³/mol. The maximum Gasteiger partial charge on any atom is 0.342 e. The molecule has 0 spiro atoms. The van der Waals surface area contributed by atoms with Gasteiger partial charge in [0.05, 0.1) is 0 Å². The van der Waals surface area contributed by atoms with E-state index in [2.05, 4.69) is 10.4 Å². The quantitative estimate of drug-likeness (QED) is 0.862. The zero-order chi connectivity index (χ0) is 13.7. The molecule has 0 aliphatic rings. The summed E-state index contributed by atoms with van der Waals surface area (Å²) < 4.78 is 1.06. The maximum atomic E-state index is 11.7. The highest BCUT2D eigenvalue weighted by Gasteiger charge is 2.21. The summed E-state index contributed by atoms with van der Waals surface area (Å²) in [6.45, 7) is 0. The lowest BCUT2D eigenvalue weighted by atomic mass is 10.1. The smallest absolute Gasteiger partial charge is 0.342 e. The van der Waals surface area contributed by atoms with E-state index in [4.69, 9.17) is 5.11 Å². The minimum Gasteiger partial charge on any atom is -0.480 e. The van der Waals surface area contributed by atoms with Gasteiger partial charge < -0.3 is 10.4 Å². The first-order chi connectivity index (χ1) is 9.16. The zero-order valence-electron chi connectivity index (χ0n) is 10.1. The Labute approximate surface area is 109 Å². The fourth-order valence-corrected chi connectivity index (χ4v) is 1.65. The summed E-state index contributed by atoms with van der Waals surface area (Å²) in [4.78, 5) is 22.9. The predicted octanol–water partition coefficient (Wildman–Crippen LogP) is 1.14. The first-order valence-electron chi connectivity index (χ1n) is 5.74. The van der Waals surface area contributed by atoms with Crippen LogP contribution in [0.2, 0.25) is 0 Å². The van der Waals surface area contributed by atoms with E-state index in [0.717, 1.165) is 10.2 Å². The van der Waals surface area contributed by atoms with E-state index in [1.807, 2.05) is 30.3 Å². The molecule has 0 radical (unpaired) electrons. The third kappa shape index (κ3) is 3.41. The normalized spacial score (nSPS) is 11.8. The Balaban J connectivity index is 2.05. The Morgan fingerprint density at radius 2 is 2.00 bits per heavy atom. The fourth-order valence-electron chi connectivity index (χ4n) is 1.65. The standard InChI is InChI=1S/C13H13N3O3/c17-12(18)11(9-10-5-2-1-3-6-10)15-13(19)16-8-4-7-14-16/h1-8,11H,9H2,(H,15,19)(H,17,18)/t11-/m0/s1. The lowest BCUT2D eigenvalue weighted by molar-refractivity contribution is -0.139. The number of hydrogen-bond donors (Lipinski definition) is 2. The van der Waals surface area contributed by atoms with Crippen molar-refractivity contribution < 1.29 is 14.7 Å². The Hall–Kier alpha value is -2.63. The molecule has 2 rings (SSSR count). The molecule has 1 aromatic carbocycles. The van der Waals surface area contributed by atoms with Crippen LogP contribution in [0, 0.1) is 0 Å². The molecule has 98 valence electrons. The van der Waals surface area contributed by atoms with Crippen molar-refractivity contribution >= 4 is 12.0 Å². The molecule has 1 amide bonds. The number of amides is 1. The number of nitrogens with one attached hydrogen (secondary N) is 1. The van der Waals surface area contributed by atoms with Gasteiger partial charge in [0.25, 0.3) is 0 Å². The summed E-state index contributed by atoms with van der Waals surface area (Å²) in [6.07, 6.45) is 3.13. The SMILES string of the molecule is O=C(O)[C@H](Cc1ccccc1)NC(=O)n1cccn1. The number of hydrogen-bond acceptors (Lipinski definition) is 3. The van der Waals surface area contributed by atoms with Crippen LogP contribution in [0.15, 0.2) is 48.8 Å². The lowest BCUT2D eigenvalue weighted by Crippen LogP contribution is -2.44. The summed E-state index contributed by atoms with van der Waals surface area (Å²) in [7, 11) is 0. The van der Waals surface area contributed by atoms with Crippen LogP contribution in [0.1, 0.15) is 5.56 Å². The number of rotatable bonds is 4. The van der Waals surface area contributed by atoms with Crippen molar-refractivity contribution in [2.24, 2.45) is 0 Å². The van der Waals surface area contributed by atoms with Gasteiger partial charge in [0.15, 0.2) is 0 Å². The highest BCUT2D eigenvalue weighted by Crippen LogP contribution is 2.03. The molecule has 0 saturated carbocycles. The van der Waals surface area contributed by atoms with E-state index in [-0.39, 0.29) is 6.42 Å². The fraction of sp³-hybridized carbons (Fsp3) is 0.154. The molecule has 6 heteroatoms. The Kier molecular flexibility index (Phi) is 3.92. The van der Waals surface area contributed by atoms with E-state index in [9.17, 15) is 9.59 Å². The van der Waals surface area contributed by atoms with Gasteiger partial charge in [-0.15, -0.1) is 0 Å².